The highest BCUT2D eigenvalue weighted by atomic mass is 16.5. The first-order valence-electron chi connectivity index (χ1n) is 6.81. The monoisotopic (exact) mass is 260 g/mol. The van der Waals surface area contributed by atoms with Crippen LogP contribution in [0.15, 0.2) is 18.2 Å². The van der Waals surface area contributed by atoms with E-state index in [4.69, 9.17) is 10.00 Å². The van der Waals surface area contributed by atoms with Crippen LogP contribution in [0.5, 0.6) is 5.75 Å². The number of hydrogen-bond acceptors (Lipinski definition) is 3. The van der Waals surface area contributed by atoms with Crippen molar-refractivity contribution in [3.8, 4) is 11.8 Å². The number of aryl methyl sites for hydroxylation is 2. The van der Waals surface area contributed by atoms with Crippen molar-refractivity contribution in [1.82, 2.24) is 5.32 Å². The molecule has 1 rings (SSSR count). The third-order valence-corrected chi connectivity index (χ3v) is 3.46. The van der Waals surface area contributed by atoms with Crippen molar-refractivity contribution in [1.29, 1.82) is 5.26 Å². The summed E-state index contributed by atoms with van der Waals surface area (Å²) in [5.41, 5.74) is 2.01. The van der Waals surface area contributed by atoms with Crippen LogP contribution < -0.4 is 10.1 Å². The Hall–Kier alpha value is -1.53. The summed E-state index contributed by atoms with van der Waals surface area (Å²) in [6.45, 7) is 6.78. The lowest BCUT2D eigenvalue weighted by Crippen LogP contribution is -2.37. The van der Waals surface area contributed by atoms with Gasteiger partial charge in [-0.25, -0.2) is 0 Å². The normalized spacial score (nSPS) is 13.6. The molecule has 0 saturated carbocycles. The molecule has 1 N–H and O–H groups in total. The van der Waals surface area contributed by atoms with Crippen LogP contribution in [0.25, 0.3) is 0 Å². The van der Waals surface area contributed by atoms with Crippen LogP contribution in [0.3, 0.4) is 0 Å². The third-order valence-electron chi connectivity index (χ3n) is 3.46. The summed E-state index contributed by atoms with van der Waals surface area (Å²) >= 11 is 0. The Morgan fingerprint density at radius 2 is 2.05 bits per heavy atom. The Bertz CT molecular complexity index is 451. The molecule has 0 bridgehead atoms. The first-order valence-corrected chi connectivity index (χ1v) is 6.81. The van der Waals surface area contributed by atoms with Crippen LogP contribution in [0.1, 0.15) is 37.3 Å². The maximum absolute atomic E-state index is 9.04. The van der Waals surface area contributed by atoms with Crippen LogP contribution in [0.2, 0.25) is 0 Å². The molecule has 3 nitrogen and oxygen atoms in total. The number of nitrogens with one attached hydrogen (secondary N) is 1. The van der Waals surface area contributed by atoms with E-state index in [9.17, 15) is 0 Å². The SMILES string of the molecule is CNC(C)(C#N)CCCCOc1ccc(C)cc1C. The van der Waals surface area contributed by atoms with E-state index in [0.717, 1.165) is 25.0 Å². The van der Waals surface area contributed by atoms with Gasteiger partial charge in [-0.1, -0.05) is 17.7 Å². The van der Waals surface area contributed by atoms with Gasteiger partial charge < -0.3 is 10.1 Å². The van der Waals surface area contributed by atoms with Gasteiger partial charge in [0.15, 0.2) is 0 Å². The Labute approximate surface area is 116 Å². The third kappa shape index (κ3) is 4.92. The number of nitrogens with zero attached hydrogens (tertiary/aromatic N) is 1. The second kappa shape index (κ2) is 7.16. The zero-order chi connectivity index (χ0) is 14.3. The summed E-state index contributed by atoms with van der Waals surface area (Å²) < 4.78 is 5.77. The number of hydrogen-bond donors (Lipinski definition) is 1. The number of nitriles is 1. The predicted molar refractivity (Wildman–Crippen MR) is 78.3 cm³/mol. The van der Waals surface area contributed by atoms with E-state index >= 15 is 0 Å². The van der Waals surface area contributed by atoms with Gasteiger partial charge in [-0.05, 0) is 58.7 Å². The largest absolute Gasteiger partial charge is 0.493 e. The van der Waals surface area contributed by atoms with Crippen LogP contribution in [0, 0.1) is 25.2 Å². The molecule has 0 aliphatic rings. The molecule has 1 unspecified atom stereocenters. The van der Waals surface area contributed by atoms with Gasteiger partial charge in [0.1, 0.15) is 11.3 Å². The lowest BCUT2D eigenvalue weighted by atomic mass is 9.97. The zero-order valence-electron chi connectivity index (χ0n) is 12.4. The highest BCUT2D eigenvalue weighted by molar-refractivity contribution is 5.35. The topological polar surface area (TPSA) is 45.0 Å². The van der Waals surface area contributed by atoms with E-state index in [1.165, 1.54) is 11.1 Å². The molecular formula is C16H24N2O. The molecule has 1 atom stereocenters. The second-order valence-electron chi connectivity index (χ2n) is 5.27. The van der Waals surface area contributed by atoms with Crippen molar-refractivity contribution in [2.75, 3.05) is 13.7 Å². The van der Waals surface area contributed by atoms with Crippen molar-refractivity contribution in [3.63, 3.8) is 0 Å². The smallest absolute Gasteiger partial charge is 0.122 e. The first kappa shape index (κ1) is 15.5. The molecule has 0 fully saturated rings. The van der Waals surface area contributed by atoms with Gasteiger partial charge in [-0.3, -0.25) is 0 Å². The lowest BCUT2D eigenvalue weighted by molar-refractivity contribution is 0.295. The Balaban J connectivity index is 2.30. The predicted octanol–water partition coefficient (Wildman–Crippen LogP) is 3.35. The van der Waals surface area contributed by atoms with Crippen LogP contribution in [-0.4, -0.2) is 19.2 Å². The molecule has 0 amide bonds. The number of ether oxygens (including phenoxy) is 1. The van der Waals surface area contributed by atoms with Crippen molar-refractivity contribution >= 4 is 0 Å². The number of benzene rings is 1. The molecule has 0 aliphatic carbocycles. The van der Waals surface area contributed by atoms with Crippen LogP contribution in [0.4, 0.5) is 0 Å². The maximum Gasteiger partial charge on any atom is 0.122 e. The Morgan fingerprint density at radius 1 is 1.32 bits per heavy atom. The molecule has 0 aliphatic heterocycles. The van der Waals surface area contributed by atoms with Crippen molar-refractivity contribution in [2.24, 2.45) is 0 Å². The Kier molecular flexibility index (Phi) is 5.85. The van der Waals surface area contributed by atoms with Gasteiger partial charge in [0.25, 0.3) is 0 Å². The maximum atomic E-state index is 9.04. The molecule has 104 valence electrons. The van der Waals surface area contributed by atoms with Crippen molar-refractivity contribution in [3.05, 3.63) is 29.3 Å². The number of rotatable bonds is 7. The van der Waals surface area contributed by atoms with Gasteiger partial charge in [0.2, 0.25) is 0 Å². The fourth-order valence-corrected chi connectivity index (χ4v) is 1.96. The number of unbranched alkanes of at least 4 members (excludes halogenated alkanes) is 1. The minimum Gasteiger partial charge on any atom is -0.493 e. The van der Waals surface area contributed by atoms with Gasteiger partial charge in [-0.2, -0.15) is 5.26 Å². The van der Waals surface area contributed by atoms with Crippen LogP contribution >= 0.6 is 0 Å². The summed E-state index contributed by atoms with van der Waals surface area (Å²) in [6, 6.07) is 8.52. The van der Waals surface area contributed by atoms with Gasteiger partial charge in [0.05, 0.1) is 12.7 Å². The summed E-state index contributed by atoms with van der Waals surface area (Å²) in [5.74, 6) is 0.960. The average Bonchev–Trinajstić information content (AvgIpc) is 2.40. The standard InChI is InChI=1S/C16H24N2O/c1-13-7-8-15(14(2)11-13)19-10-6-5-9-16(3,12-17)18-4/h7-8,11,18H,5-6,9-10H2,1-4H3. The second-order valence-corrected chi connectivity index (χ2v) is 5.27. The molecule has 0 spiro atoms. The summed E-state index contributed by atoms with van der Waals surface area (Å²) in [5, 5.41) is 12.1. The molecular weight excluding hydrogens is 236 g/mol. The molecule has 0 heterocycles. The fourth-order valence-electron chi connectivity index (χ4n) is 1.96. The van der Waals surface area contributed by atoms with Gasteiger partial charge in [0, 0.05) is 0 Å². The highest BCUT2D eigenvalue weighted by Gasteiger charge is 2.19. The molecule has 0 radical (unpaired) electrons. The average molecular weight is 260 g/mol. The first-order chi connectivity index (χ1) is 9.00. The Morgan fingerprint density at radius 3 is 2.63 bits per heavy atom. The van der Waals surface area contributed by atoms with E-state index in [0.29, 0.717) is 6.61 Å². The van der Waals surface area contributed by atoms with E-state index in [2.05, 4.69) is 37.4 Å². The van der Waals surface area contributed by atoms with Gasteiger partial charge >= 0.3 is 0 Å². The minimum absolute atomic E-state index is 0.417. The van der Waals surface area contributed by atoms with E-state index in [1.54, 1.807) is 0 Å². The molecule has 0 aromatic heterocycles. The van der Waals surface area contributed by atoms with E-state index in [-0.39, 0.29) is 0 Å². The minimum atomic E-state index is -0.417. The molecule has 3 heteroatoms. The quantitative estimate of drug-likeness (QED) is 0.765. The fraction of sp³-hybridized carbons (Fsp3) is 0.562. The zero-order valence-corrected chi connectivity index (χ0v) is 12.4. The summed E-state index contributed by atoms with van der Waals surface area (Å²) in [7, 11) is 1.83. The molecule has 1 aromatic rings. The highest BCUT2D eigenvalue weighted by Crippen LogP contribution is 2.19. The molecule has 0 saturated heterocycles. The lowest BCUT2D eigenvalue weighted by Gasteiger charge is -2.20. The summed E-state index contributed by atoms with van der Waals surface area (Å²) in [6.07, 6.45) is 2.79. The van der Waals surface area contributed by atoms with Crippen molar-refractivity contribution < 1.29 is 4.74 Å². The van der Waals surface area contributed by atoms with Crippen LogP contribution in [-0.2, 0) is 0 Å². The molecule has 1 aromatic carbocycles. The van der Waals surface area contributed by atoms with E-state index in [1.807, 2.05) is 20.0 Å². The van der Waals surface area contributed by atoms with Crippen molar-refractivity contribution in [2.45, 2.75) is 45.6 Å². The van der Waals surface area contributed by atoms with Gasteiger partial charge in [-0.15, -0.1) is 0 Å². The van der Waals surface area contributed by atoms with E-state index < -0.39 is 5.54 Å². The molecule has 19 heavy (non-hydrogen) atoms. The summed E-state index contributed by atoms with van der Waals surface area (Å²) in [4.78, 5) is 0.